The fraction of sp³-hybridized carbons (Fsp3) is 0.143. The number of amides is 1. The zero-order valence-electron chi connectivity index (χ0n) is 15.4. The van der Waals surface area contributed by atoms with E-state index < -0.39 is 9.84 Å². The molecule has 1 amide bonds. The third-order valence-corrected chi connectivity index (χ3v) is 6.37. The summed E-state index contributed by atoms with van der Waals surface area (Å²) in [4.78, 5) is 16.9. The minimum atomic E-state index is -3.37. The van der Waals surface area contributed by atoms with Gasteiger partial charge in [-0.15, -0.1) is 0 Å². The standard InChI is InChI=1S/C21H19BrN2O4S/c22-16-9-11-17(12-10-16)28-21-19(8-4-13-24-21)20(25)23-14-5-15-29(26,27)18-6-2-1-3-7-18/h1-4,6-13H,5,14-15H2,(H,23,25). The van der Waals surface area contributed by atoms with Gasteiger partial charge in [0, 0.05) is 17.2 Å². The summed E-state index contributed by atoms with van der Waals surface area (Å²) in [7, 11) is -3.37. The summed E-state index contributed by atoms with van der Waals surface area (Å²) in [5.41, 5.74) is 0.279. The lowest BCUT2D eigenvalue weighted by atomic mass is 10.2. The maximum Gasteiger partial charge on any atom is 0.256 e. The highest BCUT2D eigenvalue weighted by Gasteiger charge is 2.16. The first-order valence-corrected chi connectivity index (χ1v) is 11.3. The van der Waals surface area contributed by atoms with Gasteiger partial charge in [-0.05, 0) is 55.0 Å². The number of carbonyl (C=O) groups is 1. The largest absolute Gasteiger partial charge is 0.438 e. The van der Waals surface area contributed by atoms with Crippen molar-refractivity contribution >= 4 is 31.7 Å². The van der Waals surface area contributed by atoms with Gasteiger partial charge in [0.2, 0.25) is 5.88 Å². The van der Waals surface area contributed by atoms with Crippen LogP contribution in [0.25, 0.3) is 0 Å². The first kappa shape index (κ1) is 21.0. The van der Waals surface area contributed by atoms with Crippen LogP contribution >= 0.6 is 15.9 Å². The average molecular weight is 475 g/mol. The normalized spacial score (nSPS) is 11.1. The second-order valence-electron chi connectivity index (χ2n) is 6.15. The van der Waals surface area contributed by atoms with E-state index in [9.17, 15) is 13.2 Å². The molecular formula is C21H19BrN2O4S. The van der Waals surface area contributed by atoms with Crippen molar-refractivity contribution in [2.75, 3.05) is 12.3 Å². The lowest BCUT2D eigenvalue weighted by Crippen LogP contribution is -2.26. The van der Waals surface area contributed by atoms with Crippen LogP contribution in [0, 0.1) is 0 Å². The Morgan fingerprint density at radius 3 is 2.45 bits per heavy atom. The number of hydrogen-bond acceptors (Lipinski definition) is 5. The molecule has 0 aliphatic rings. The molecule has 0 radical (unpaired) electrons. The molecule has 6 nitrogen and oxygen atoms in total. The number of aromatic nitrogens is 1. The summed E-state index contributed by atoms with van der Waals surface area (Å²) in [6, 6.07) is 18.7. The molecule has 0 atom stereocenters. The van der Waals surface area contributed by atoms with Crippen LogP contribution < -0.4 is 10.1 Å². The molecule has 8 heteroatoms. The quantitative estimate of drug-likeness (QED) is 0.493. The maximum absolute atomic E-state index is 12.5. The summed E-state index contributed by atoms with van der Waals surface area (Å²) < 4.78 is 31.2. The van der Waals surface area contributed by atoms with E-state index in [2.05, 4.69) is 26.2 Å². The lowest BCUT2D eigenvalue weighted by molar-refractivity contribution is 0.0950. The molecule has 150 valence electrons. The number of hydrogen-bond donors (Lipinski definition) is 1. The molecule has 1 N–H and O–H groups in total. The van der Waals surface area contributed by atoms with Crippen molar-refractivity contribution in [3.8, 4) is 11.6 Å². The topological polar surface area (TPSA) is 85.4 Å². The monoisotopic (exact) mass is 474 g/mol. The first-order chi connectivity index (χ1) is 14.0. The van der Waals surface area contributed by atoms with Crippen LogP contribution in [0.4, 0.5) is 0 Å². The molecule has 0 spiro atoms. The van der Waals surface area contributed by atoms with Gasteiger partial charge in [-0.1, -0.05) is 34.1 Å². The Labute approximate surface area is 178 Å². The van der Waals surface area contributed by atoms with Gasteiger partial charge < -0.3 is 10.1 Å². The number of carbonyl (C=O) groups excluding carboxylic acids is 1. The van der Waals surface area contributed by atoms with Crippen molar-refractivity contribution in [1.82, 2.24) is 10.3 Å². The average Bonchev–Trinajstić information content (AvgIpc) is 2.74. The number of halogens is 1. The molecule has 2 aromatic carbocycles. The summed E-state index contributed by atoms with van der Waals surface area (Å²) in [5, 5.41) is 2.73. The Morgan fingerprint density at radius 1 is 1.00 bits per heavy atom. The van der Waals surface area contributed by atoms with Gasteiger partial charge in [0.15, 0.2) is 9.84 Å². The van der Waals surface area contributed by atoms with Crippen molar-refractivity contribution < 1.29 is 17.9 Å². The van der Waals surface area contributed by atoms with E-state index in [4.69, 9.17) is 4.74 Å². The van der Waals surface area contributed by atoms with E-state index in [1.54, 1.807) is 54.6 Å². The molecule has 0 aliphatic carbocycles. The van der Waals surface area contributed by atoms with Gasteiger partial charge in [-0.25, -0.2) is 13.4 Å². The molecule has 1 heterocycles. The second kappa shape index (κ2) is 9.67. The predicted octanol–water partition coefficient (Wildman–Crippen LogP) is 4.23. The molecule has 0 unspecified atom stereocenters. The van der Waals surface area contributed by atoms with Crippen molar-refractivity contribution in [3.63, 3.8) is 0 Å². The van der Waals surface area contributed by atoms with Gasteiger partial charge >= 0.3 is 0 Å². The van der Waals surface area contributed by atoms with Gasteiger partial charge in [0.25, 0.3) is 5.91 Å². The van der Waals surface area contributed by atoms with Crippen LogP contribution in [0.3, 0.4) is 0 Å². The van der Waals surface area contributed by atoms with Crippen LogP contribution in [0.5, 0.6) is 11.6 Å². The van der Waals surface area contributed by atoms with E-state index in [0.29, 0.717) is 12.2 Å². The van der Waals surface area contributed by atoms with Crippen LogP contribution in [-0.2, 0) is 9.84 Å². The van der Waals surface area contributed by atoms with Crippen molar-refractivity contribution in [3.05, 3.63) is 83.0 Å². The Morgan fingerprint density at radius 2 is 1.72 bits per heavy atom. The molecule has 0 saturated carbocycles. The molecule has 0 saturated heterocycles. The molecule has 0 fully saturated rings. The first-order valence-electron chi connectivity index (χ1n) is 8.90. The molecule has 29 heavy (non-hydrogen) atoms. The third kappa shape index (κ3) is 5.88. The van der Waals surface area contributed by atoms with Crippen molar-refractivity contribution in [2.24, 2.45) is 0 Å². The highest BCUT2D eigenvalue weighted by molar-refractivity contribution is 9.10. The third-order valence-electron chi connectivity index (χ3n) is 4.02. The number of rotatable bonds is 8. The molecule has 0 bridgehead atoms. The number of nitrogens with zero attached hydrogens (tertiary/aromatic N) is 1. The van der Waals surface area contributed by atoms with Crippen LogP contribution in [0.1, 0.15) is 16.8 Å². The summed E-state index contributed by atoms with van der Waals surface area (Å²) >= 11 is 3.35. The highest BCUT2D eigenvalue weighted by Crippen LogP contribution is 2.24. The van der Waals surface area contributed by atoms with Crippen LogP contribution in [0.2, 0.25) is 0 Å². The number of sulfone groups is 1. The maximum atomic E-state index is 12.5. The minimum absolute atomic E-state index is 0.0490. The summed E-state index contributed by atoms with van der Waals surface area (Å²) in [6.07, 6.45) is 1.84. The second-order valence-corrected chi connectivity index (χ2v) is 9.18. The van der Waals surface area contributed by atoms with Crippen LogP contribution in [0.15, 0.2) is 82.3 Å². The Hall–Kier alpha value is -2.71. The van der Waals surface area contributed by atoms with Gasteiger partial charge in [0.05, 0.1) is 10.6 Å². The minimum Gasteiger partial charge on any atom is -0.438 e. The Kier molecular flexibility index (Phi) is 7.00. The van der Waals surface area contributed by atoms with Crippen LogP contribution in [-0.4, -0.2) is 31.6 Å². The van der Waals surface area contributed by atoms with Crippen molar-refractivity contribution in [1.29, 1.82) is 0 Å². The smallest absolute Gasteiger partial charge is 0.256 e. The Balaban J connectivity index is 1.58. The molecule has 1 aromatic heterocycles. The lowest BCUT2D eigenvalue weighted by Gasteiger charge is -2.10. The highest BCUT2D eigenvalue weighted by atomic mass is 79.9. The Bertz CT molecular complexity index is 1070. The zero-order chi connectivity index (χ0) is 20.7. The van der Waals surface area contributed by atoms with E-state index in [-0.39, 0.29) is 34.5 Å². The fourth-order valence-electron chi connectivity index (χ4n) is 2.56. The van der Waals surface area contributed by atoms with Gasteiger partial charge in [0.1, 0.15) is 11.3 Å². The molecule has 3 rings (SSSR count). The summed E-state index contributed by atoms with van der Waals surface area (Å²) in [6.45, 7) is 0.220. The molecular weight excluding hydrogens is 456 g/mol. The SMILES string of the molecule is O=C(NCCCS(=O)(=O)c1ccccc1)c1cccnc1Oc1ccc(Br)cc1. The van der Waals surface area contributed by atoms with Gasteiger partial charge in [-0.3, -0.25) is 4.79 Å². The number of pyridine rings is 1. The number of benzene rings is 2. The van der Waals surface area contributed by atoms with E-state index in [0.717, 1.165) is 4.47 Å². The van der Waals surface area contributed by atoms with E-state index >= 15 is 0 Å². The summed E-state index contributed by atoms with van der Waals surface area (Å²) in [5.74, 6) is 0.313. The van der Waals surface area contributed by atoms with Crippen molar-refractivity contribution in [2.45, 2.75) is 11.3 Å². The zero-order valence-corrected chi connectivity index (χ0v) is 17.8. The van der Waals surface area contributed by atoms with E-state index in [1.165, 1.54) is 6.20 Å². The fourth-order valence-corrected chi connectivity index (χ4v) is 4.16. The van der Waals surface area contributed by atoms with Gasteiger partial charge in [-0.2, -0.15) is 0 Å². The molecule has 3 aromatic rings. The molecule has 0 aliphatic heterocycles. The predicted molar refractivity (Wildman–Crippen MR) is 114 cm³/mol. The number of ether oxygens (including phenoxy) is 1. The number of nitrogens with one attached hydrogen (secondary N) is 1. The van der Waals surface area contributed by atoms with E-state index in [1.807, 2.05) is 12.1 Å².